The quantitative estimate of drug-likeness (QED) is 0.939. The van der Waals surface area contributed by atoms with Crippen molar-refractivity contribution in [3.05, 3.63) is 64.7 Å². The first-order valence-corrected chi connectivity index (χ1v) is 7.24. The Balaban J connectivity index is 1.88. The number of ketones is 1. The first kappa shape index (κ1) is 14.3. The number of aromatic carboxylic acids is 1. The molecular weight excluding hydrogens is 280 g/mol. The van der Waals surface area contributed by atoms with Gasteiger partial charge < -0.3 is 9.84 Å². The summed E-state index contributed by atoms with van der Waals surface area (Å²) < 4.78 is 5.92. The molecule has 2 aromatic rings. The van der Waals surface area contributed by atoms with Crippen LogP contribution in [0.4, 0.5) is 0 Å². The van der Waals surface area contributed by atoms with Crippen molar-refractivity contribution in [3.8, 4) is 5.75 Å². The summed E-state index contributed by atoms with van der Waals surface area (Å²) in [5, 5.41) is 8.92. The third-order valence-corrected chi connectivity index (χ3v) is 3.92. The molecule has 0 aromatic heterocycles. The van der Waals surface area contributed by atoms with Crippen LogP contribution < -0.4 is 4.74 Å². The number of aryl methyl sites for hydroxylation is 1. The maximum absolute atomic E-state index is 12.3. The Morgan fingerprint density at radius 3 is 2.59 bits per heavy atom. The Kier molecular flexibility index (Phi) is 3.67. The summed E-state index contributed by atoms with van der Waals surface area (Å²) in [7, 11) is 0. The lowest BCUT2D eigenvalue weighted by Gasteiger charge is -2.26. The van der Waals surface area contributed by atoms with Gasteiger partial charge in [-0.1, -0.05) is 25.1 Å². The predicted molar refractivity (Wildman–Crippen MR) is 81.5 cm³/mol. The van der Waals surface area contributed by atoms with E-state index in [9.17, 15) is 9.59 Å². The Morgan fingerprint density at radius 2 is 1.95 bits per heavy atom. The second-order valence-corrected chi connectivity index (χ2v) is 5.35. The van der Waals surface area contributed by atoms with Gasteiger partial charge in [0.25, 0.3) is 0 Å². The van der Waals surface area contributed by atoms with E-state index in [1.54, 1.807) is 12.1 Å². The zero-order chi connectivity index (χ0) is 15.7. The van der Waals surface area contributed by atoms with Crippen molar-refractivity contribution < 1.29 is 19.4 Å². The molecule has 0 fully saturated rings. The average molecular weight is 296 g/mol. The molecule has 0 amide bonds. The molecule has 112 valence electrons. The molecule has 4 nitrogen and oxygen atoms in total. The Labute approximate surface area is 128 Å². The number of carboxylic acids is 1. The number of carbonyl (C=O) groups is 2. The molecule has 1 aliphatic rings. The standard InChI is InChI=1S/C18H16O4/c1-2-11-3-8-16-14(9-11)15(19)10-17(22-16)12-4-6-13(7-5-12)18(20)21/h3-9,17H,2,10H2,1H3,(H,20,21). The number of hydrogen-bond acceptors (Lipinski definition) is 3. The number of ether oxygens (including phenoxy) is 1. The van der Waals surface area contributed by atoms with Crippen LogP contribution in [0.5, 0.6) is 5.75 Å². The normalized spacial score (nSPS) is 16.8. The van der Waals surface area contributed by atoms with Gasteiger partial charge >= 0.3 is 5.97 Å². The summed E-state index contributed by atoms with van der Waals surface area (Å²) in [6, 6.07) is 12.1. The zero-order valence-corrected chi connectivity index (χ0v) is 12.2. The van der Waals surface area contributed by atoms with Crippen molar-refractivity contribution in [2.75, 3.05) is 0 Å². The second-order valence-electron chi connectivity index (χ2n) is 5.35. The number of hydrogen-bond donors (Lipinski definition) is 1. The lowest BCUT2D eigenvalue weighted by atomic mass is 9.94. The van der Waals surface area contributed by atoms with Crippen LogP contribution in [0.2, 0.25) is 0 Å². The van der Waals surface area contributed by atoms with Crippen LogP contribution in [-0.4, -0.2) is 16.9 Å². The number of carboxylic acid groups (broad SMARTS) is 1. The summed E-state index contributed by atoms with van der Waals surface area (Å²) in [6.45, 7) is 2.04. The van der Waals surface area contributed by atoms with Crippen molar-refractivity contribution in [1.29, 1.82) is 0 Å². The summed E-state index contributed by atoms with van der Waals surface area (Å²) in [5.74, 6) is -0.311. The van der Waals surface area contributed by atoms with Gasteiger partial charge in [0.05, 0.1) is 17.5 Å². The van der Waals surface area contributed by atoms with E-state index in [4.69, 9.17) is 9.84 Å². The van der Waals surface area contributed by atoms with Crippen LogP contribution in [0.25, 0.3) is 0 Å². The zero-order valence-electron chi connectivity index (χ0n) is 12.2. The Morgan fingerprint density at radius 1 is 1.23 bits per heavy atom. The average Bonchev–Trinajstić information content (AvgIpc) is 2.54. The lowest BCUT2D eigenvalue weighted by molar-refractivity contribution is 0.0695. The topological polar surface area (TPSA) is 63.6 Å². The molecule has 4 heteroatoms. The lowest BCUT2D eigenvalue weighted by Crippen LogP contribution is -2.20. The Hall–Kier alpha value is -2.62. The van der Waals surface area contributed by atoms with E-state index < -0.39 is 5.97 Å². The van der Waals surface area contributed by atoms with E-state index in [1.165, 1.54) is 12.1 Å². The summed E-state index contributed by atoms with van der Waals surface area (Å²) >= 11 is 0. The molecule has 2 aromatic carbocycles. The molecule has 1 aliphatic heterocycles. The first-order valence-electron chi connectivity index (χ1n) is 7.24. The second kappa shape index (κ2) is 5.64. The summed E-state index contributed by atoms with van der Waals surface area (Å²) in [5.41, 5.74) is 2.78. The fourth-order valence-corrected chi connectivity index (χ4v) is 2.62. The molecule has 0 radical (unpaired) electrons. The SMILES string of the molecule is CCc1ccc2c(c1)C(=O)CC(c1ccc(C(=O)O)cc1)O2. The van der Waals surface area contributed by atoms with Crippen LogP contribution in [0.3, 0.4) is 0 Å². The van der Waals surface area contributed by atoms with E-state index >= 15 is 0 Å². The summed E-state index contributed by atoms with van der Waals surface area (Å²) in [4.78, 5) is 23.2. The van der Waals surface area contributed by atoms with E-state index in [0.717, 1.165) is 17.5 Å². The highest BCUT2D eigenvalue weighted by atomic mass is 16.5. The van der Waals surface area contributed by atoms with Gasteiger partial charge in [0.1, 0.15) is 11.9 Å². The van der Waals surface area contributed by atoms with E-state index in [-0.39, 0.29) is 23.9 Å². The monoisotopic (exact) mass is 296 g/mol. The molecule has 1 heterocycles. The minimum absolute atomic E-state index is 0.0591. The fourth-order valence-electron chi connectivity index (χ4n) is 2.62. The van der Waals surface area contributed by atoms with Gasteiger partial charge in [-0.15, -0.1) is 0 Å². The number of carbonyl (C=O) groups excluding carboxylic acids is 1. The molecule has 1 N–H and O–H groups in total. The van der Waals surface area contributed by atoms with E-state index in [2.05, 4.69) is 0 Å². The molecule has 22 heavy (non-hydrogen) atoms. The van der Waals surface area contributed by atoms with Gasteiger partial charge in [-0.2, -0.15) is 0 Å². The number of fused-ring (bicyclic) bond motifs is 1. The summed E-state index contributed by atoms with van der Waals surface area (Å²) in [6.07, 6.45) is 0.781. The first-order chi connectivity index (χ1) is 10.6. The molecule has 1 atom stereocenters. The number of Topliss-reactive ketones (excluding diaryl/α,β-unsaturated/α-hetero) is 1. The highest BCUT2D eigenvalue weighted by Gasteiger charge is 2.27. The van der Waals surface area contributed by atoms with Gasteiger partial charge in [0, 0.05) is 0 Å². The van der Waals surface area contributed by atoms with Gasteiger partial charge in [0.15, 0.2) is 5.78 Å². The van der Waals surface area contributed by atoms with Crippen molar-refractivity contribution in [1.82, 2.24) is 0 Å². The van der Waals surface area contributed by atoms with Crippen LogP contribution >= 0.6 is 0 Å². The largest absolute Gasteiger partial charge is 0.484 e. The van der Waals surface area contributed by atoms with Crippen LogP contribution in [-0.2, 0) is 6.42 Å². The molecule has 0 spiro atoms. The number of rotatable bonds is 3. The molecule has 0 aliphatic carbocycles. The van der Waals surface area contributed by atoms with E-state index in [1.807, 2.05) is 25.1 Å². The molecule has 3 rings (SSSR count). The smallest absolute Gasteiger partial charge is 0.335 e. The molecule has 0 saturated carbocycles. The number of benzene rings is 2. The van der Waals surface area contributed by atoms with Crippen LogP contribution in [0.15, 0.2) is 42.5 Å². The predicted octanol–water partition coefficient (Wildman–Crippen LogP) is 3.65. The maximum atomic E-state index is 12.3. The Bertz CT molecular complexity index is 731. The fraction of sp³-hybridized carbons (Fsp3) is 0.222. The van der Waals surface area contributed by atoms with Gasteiger partial charge in [0.2, 0.25) is 0 Å². The third kappa shape index (κ3) is 2.60. The molecule has 0 bridgehead atoms. The molecular formula is C18H16O4. The van der Waals surface area contributed by atoms with Gasteiger partial charge in [-0.3, -0.25) is 4.79 Å². The third-order valence-electron chi connectivity index (χ3n) is 3.92. The maximum Gasteiger partial charge on any atom is 0.335 e. The minimum atomic E-state index is -0.968. The highest BCUT2D eigenvalue weighted by Crippen LogP contribution is 2.35. The van der Waals surface area contributed by atoms with Crippen LogP contribution in [0.1, 0.15) is 51.3 Å². The highest BCUT2D eigenvalue weighted by molar-refractivity contribution is 6.00. The van der Waals surface area contributed by atoms with Crippen molar-refractivity contribution >= 4 is 11.8 Å². The van der Waals surface area contributed by atoms with Gasteiger partial charge in [-0.05, 0) is 41.8 Å². The minimum Gasteiger partial charge on any atom is -0.484 e. The van der Waals surface area contributed by atoms with Crippen molar-refractivity contribution in [2.45, 2.75) is 25.9 Å². The molecule has 0 saturated heterocycles. The van der Waals surface area contributed by atoms with Gasteiger partial charge in [-0.25, -0.2) is 4.79 Å². The molecule has 1 unspecified atom stereocenters. The van der Waals surface area contributed by atoms with E-state index in [0.29, 0.717) is 11.3 Å². The van der Waals surface area contributed by atoms with Crippen LogP contribution in [0, 0.1) is 0 Å². The van der Waals surface area contributed by atoms with Crippen molar-refractivity contribution in [3.63, 3.8) is 0 Å². The van der Waals surface area contributed by atoms with Crippen molar-refractivity contribution in [2.24, 2.45) is 0 Å².